The van der Waals surface area contributed by atoms with E-state index in [0.717, 1.165) is 24.1 Å². The van der Waals surface area contributed by atoms with Gasteiger partial charge in [0.05, 0.1) is 17.6 Å². The van der Waals surface area contributed by atoms with Crippen LogP contribution in [0.25, 0.3) is 11.0 Å². The molecule has 0 spiro atoms. The highest BCUT2D eigenvalue weighted by molar-refractivity contribution is 5.81. The van der Waals surface area contributed by atoms with Crippen molar-refractivity contribution in [1.82, 2.24) is 19.8 Å². The van der Waals surface area contributed by atoms with Gasteiger partial charge in [-0.1, -0.05) is 39.8 Å². The fraction of sp³-hybridized carbons (Fsp3) is 0.571. The number of ether oxygens (including phenoxy) is 1. The number of para-hydroxylation sites is 2. The van der Waals surface area contributed by atoms with E-state index in [1.165, 1.54) is 7.11 Å². The molecule has 1 aromatic heterocycles. The van der Waals surface area contributed by atoms with Crippen molar-refractivity contribution < 1.29 is 14.3 Å². The molecule has 0 aliphatic heterocycles. The number of hydrogen-bond acceptors (Lipinski definition) is 4. The van der Waals surface area contributed by atoms with Crippen molar-refractivity contribution in [2.75, 3.05) is 26.8 Å². The summed E-state index contributed by atoms with van der Waals surface area (Å²) in [5.74, 6) is 1.31. The Labute approximate surface area is 167 Å². The normalized spacial score (nSPS) is 11.4. The summed E-state index contributed by atoms with van der Waals surface area (Å²) < 4.78 is 6.75. The maximum absolute atomic E-state index is 13.1. The molecule has 1 N–H and O–H groups in total. The van der Waals surface area contributed by atoms with Crippen molar-refractivity contribution in [3.05, 3.63) is 30.1 Å². The molecule has 0 radical (unpaired) electrons. The Kier molecular flexibility index (Phi) is 7.99. The Morgan fingerprint density at radius 3 is 2.39 bits per heavy atom. The van der Waals surface area contributed by atoms with Gasteiger partial charge >= 0.3 is 0 Å². The fourth-order valence-corrected chi connectivity index (χ4v) is 3.19. The van der Waals surface area contributed by atoms with Crippen LogP contribution in [-0.2, 0) is 27.4 Å². The lowest BCUT2D eigenvalue weighted by molar-refractivity contribution is -0.132. The van der Waals surface area contributed by atoms with E-state index < -0.39 is 0 Å². The number of nitrogens with one attached hydrogen (secondary N) is 1. The summed E-state index contributed by atoms with van der Waals surface area (Å²) in [6, 6.07) is 7.71. The molecule has 0 saturated heterocycles. The number of nitrogens with zero attached hydrogens (tertiary/aromatic N) is 3. The molecule has 2 aromatic rings. The number of methoxy groups -OCH3 is 1. The minimum atomic E-state index is -0.214. The molecule has 28 heavy (non-hydrogen) atoms. The number of imidazole rings is 1. The van der Waals surface area contributed by atoms with E-state index in [9.17, 15) is 9.59 Å². The Morgan fingerprint density at radius 1 is 1.14 bits per heavy atom. The van der Waals surface area contributed by atoms with E-state index >= 15 is 0 Å². The smallest absolute Gasteiger partial charge is 0.246 e. The van der Waals surface area contributed by atoms with Gasteiger partial charge < -0.3 is 19.5 Å². The Hall–Kier alpha value is -2.41. The van der Waals surface area contributed by atoms with Crippen LogP contribution in [0.1, 0.15) is 33.5 Å². The zero-order chi connectivity index (χ0) is 20.7. The van der Waals surface area contributed by atoms with Crippen LogP contribution in [0.4, 0.5) is 0 Å². The van der Waals surface area contributed by atoms with Gasteiger partial charge in [-0.3, -0.25) is 9.59 Å². The van der Waals surface area contributed by atoms with E-state index in [0.29, 0.717) is 17.7 Å². The highest BCUT2D eigenvalue weighted by atomic mass is 16.5. The molecule has 0 bridgehead atoms. The van der Waals surface area contributed by atoms with Crippen LogP contribution in [0, 0.1) is 11.8 Å². The van der Waals surface area contributed by atoms with Crippen molar-refractivity contribution in [3.8, 4) is 0 Å². The first-order chi connectivity index (χ1) is 13.3. The molecule has 1 aromatic carbocycles. The summed E-state index contributed by atoms with van der Waals surface area (Å²) in [6.07, 6.45) is 0. The third-order valence-electron chi connectivity index (χ3n) is 4.27. The van der Waals surface area contributed by atoms with Gasteiger partial charge in [0.1, 0.15) is 19.0 Å². The predicted octanol–water partition coefficient (Wildman–Crippen LogP) is 2.44. The quantitative estimate of drug-likeness (QED) is 0.678. The van der Waals surface area contributed by atoms with Gasteiger partial charge in [0.2, 0.25) is 11.8 Å². The molecule has 2 rings (SSSR count). The molecule has 0 unspecified atom stereocenters. The third-order valence-corrected chi connectivity index (χ3v) is 4.27. The zero-order valence-corrected chi connectivity index (χ0v) is 17.6. The molecule has 1 heterocycles. The molecule has 0 aliphatic rings. The molecule has 2 amide bonds. The summed E-state index contributed by atoms with van der Waals surface area (Å²) in [6.45, 7) is 10.4. The van der Waals surface area contributed by atoms with E-state index in [1.54, 1.807) is 0 Å². The maximum atomic E-state index is 13.1. The topological polar surface area (TPSA) is 76.5 Å². The fourth-order valence-electron chi connectivity index (χ4n) is 3.19. The number of rotatable bonds is 10. The molecule has 7 nitrogen and oxygen atoms in total. The van der Waals surface area contributed by atoms with Crippen molar-refractivity contribution in [1.29, 1.82) is 0 Å². The Balaban J connectivity index is 2.26. The van der Waals surface area contributed by atoms with Crippen LogP contribution in [0.15, 0.2) is 24.3 Å². The lowest BCUT2D eigenvalue weighted by atomic mass is 10.1. The van der Waals surface area contributed by atoms with Gasteiger partial charge in [-0.15, -0.1) is 0 Å². The van der Waals surface area contributed by atoms with E-state index in [2.05, 4.69) is 38.0 Å². The van der Waals surface area contributed by atoms with E-state index in [1.807, 2.05) is 33.7 Å². The minimum Gasteiger partial charge on any atom is -0.375 e. The largest absolute Gasteiger partial charge is 0.375 e. The highest BCUT2D eigenvalue weighted by Crippen LogP contribution is 2.17. The first kappa shape index (κ1) is 21.9. The molecule has 0 atom stereocenters. The first-order valence-electron chi connectivity index (χ1n) is 9.79. The van der Waals surface area contributed by atoms with Crippen molar-refractivity contribution in [2.45, 2.75) is 40.8 Å². The van der Waals surface area contributed by atoms with Crippen LogP contribution >= 0.6 is 0 Å². The number of amides is 2. The zero-order valence-electron chi connectivity index (χ0n) is 17.6. The lowest BCUT2D eigenvalue weighted by Gasteiger charge is -2.27. The van der Waals surface area contributed by atoms with E-state index in [4.69, 9.17) is 4.74 Å². The standard InChI is InChI=1S/C21H32N4O3/c1-15(2)11-24(12-16(3)4)21(27)13-25-18-9-7-6-8-17(18)23-19(25)10-22-20(26)14-28-5/h6-9,15-16H,10-14H2,1-5H3,(H,22,26). The van der Waals surface area contributed by atoms with Gasteiger partial charge in [-0.25, -0.2) is 4.98 Å². The SMILES string of the molecule is COCC(=O)NCc1nc2ccccc2n1CC(=O)N(CC(C)C)CC(C)C. The molecular formula is C21H32N4O3. The molecule has 0 fully saturated rings. The molecule has 0 aliphatic carbocycles. The van der Waals surface area contributed by atoms with Crippen molar-refractivity contribution in [2.24, 2.45) is 11.8 Å². The van der Waals surface area contributed by atoms with Crippen molar-refractivity contribution in [3.63, 3.8) is 0 Å². The summed E-state index contributed by atoms with van der Waals surface area (Å²) in [5.41, 5.74) is 1.70. The van der Waals surface area contributed by atoms with Crippen molar-refractivity contribution >= 4 is 22.8 Å². The number of aromatic nitrogens is 2. The maximum Gasteiger partial charge on any atom is 0.246 e. The Morgan fingerprint density at radius 2 is 1.79 bits per heavy atom. The predicted molar refractivity (Wildman–Crippen MR) is 110 cm³/mol. The lowest BCUT2D eigenvalue weighted by Crippen LogP contribution is -2.39. The molecule has 7 heteroatoms. The van der Waals surface area contributed by atoms with Crippen LogP contribution < -0.4 is 5.32 Å². The monoisotopic (exact) mass is 388 g/mol. The molecule has 154 valence electrons. The van der Waals surface area contributed by atoms with E-state index in [-0.39, 0.29) is 31.5 Å². The average molecular weight is 389 g/mol. The number of carbonyl (C=O) groups is 2. The second-order valence-corrected chi connectivity index (χ2v) is 7.90. The molecule has 0 saturated carbocycles. The van der Waals surface area contributed by atoms with Crippen LogP contribution in [0.2, 0.25) is 0 Å². The van der Waals surface area contributed by atoms with Crippen LogP contribution in [0.3, 0.4) is 0 Å². The second kappa shape index (κ2) is 10.2. The molecular weight excluding hydrogens is 356 g/mol. The van der Waals surface area contributed by atoms with Gasteiger partial charge in [0.25, 0.3) is 0 Å². The second-order valence-electron chi connectivity index (χ2n) is 7.90. The van der Waals surface area contributed by atoms with Gasteiger partial charge in [0, 0.05) is 20.2 Å². The summed E-state index contributed by atoms with van der Waals surface area (Å²) in [4.78, 5) is 31.4. The van der Waals surface area contributed by atoms with Gasteiger partial charge in [-0.05, 0) is 24.0 Å². The number of carbonyl (C=O) groups excluding carboxylic acids is 2. The van der Waals surface area contributed by atoms with Gasteiger partial charge in [0.15, 0.2) is 0 Å². The Bertz CT molecular complexity index is 788. The summed E-state index contributed by atoms with van der Waals surface area (Å²) >= 11 is 0. The van der Waals surface area contributed by atoms with Crippen LogP contribution in [-0.4, -0.2) is 53.1 Å². The number of fused-ring (bicyclic) bond motifs is 1. The third kappa shape index (κ3) is 6.05. The summed E-state index contributed by atoms with van der Waals surface area (Å²) in [7, 11) is 1.48. The number of benzene rings is 1. The highest BCUT2D eigenvalue weighted by Gasteiger charge is 2.20. The summed E-state index contributed by atoms with van der Waals surface area (Å²) in [5, 5.41) is 2.80. The first-order valence-corrected chi connectivity index (χ1v) is 9.79. The van der Waals surface area contributed by atoms with Gasteiger partial charge in [-0.2, -0.15) is 0 Å². The number of hydrogen-bond donors (Lipinski definition) is 1. The minimum absolute atomic E-state index is 0.00425. The average Bonchev–Trinajstić information content (AvgIpc) is 2.96. The van der Waals surface area contributed by atoms with Crippen LogP contribution in [0.5, 0.6) is 0 Å².